The number of anilines is 1. The zero-order chi connectivity index (χ0) is 16.8. The predicted octanol–water partition coefficient (Wildman–Crippen LogP) is 2.84. The van der Waals surface area contributed by atoms with Crippen LogP contribution >= 0.6 is 0 Å². The van der Waals surface area contributed by atoms with Crippen LogP contribution in [0.2, 0.25) is 0 Å². The average molecular weight is 321 g/mol. The second-order valence-electron chi connectivity index (χ2n) is 6.15. The highest BCUT2D eigenvalue weighted by atomic mass is 15.3. The standard InChI is InChI=1S/C19H23N5/c1-2-23(14-16-8-10-21-11-9-16)18-6-4-12-24(15-18)19-7-3-5-17(13-20)22-19/h3,5,7-11,18H,2,4,6,12,14-15H2,1H3/t18-/m1/s1. The molecule has 0 N–H and O–H groups in total. The van der Waals surface area contributed by atoms with Crippen LogP contribution in [0.3, 0.4) is 0 Å². The van der Waals surface area contributed by atoms with Crippen molar-refractivity contribution in [1.82, 2.24) is 14.9 Å². The van der Waals surface area contributed by atoms with Crippen LogP contribution in [0.25, 0.3) is 0 Å². The normalized spacial score (nSPS) is 17.7. The molecule has 2 aromatic heterocycles. The first-order valence-electron chi connectivity index (χ1n) is 8.55. The first-order chi connectivity index (χ1) is 11.8. The SMILES string of the molecule is CCN(Cc1ccncc1)[C@@H]1CCCN(c2cccc(C#N)n2)C1. The molecule has 1 fully saturated rings. The number of hydrogen-bond donors (Lipinski definition) is 0. The number of piperidine rings is 1. The highest BCUT2D eigenvalue weighted by molar-refractivity contribution is 5.42. The Balaban J connectivity index is 1.70. The molecular formula is C19H23N5. The van der Waals surface area contributed by atoms with Crippen molar-refractivity contribution in [3.63, 3.8) is 0 Å². The Morgan fingerprint density at radius 3 is 2.88 bits per heavy atom. The summed E-state index contributed by atoms with van der Waals surface area (Å²) in [5, 5.41) is 9.06. The molecule has 0 aromatic carbocycles. The molecule has 3 rings (SSSR count). The Labute approximate surface area is 143 Å². The van der Waals surface area contributed by atoms with Gasteiger partial charge in [0.25, 0.3) is 0 Å². The molecule has 24 heavy (non-hydrogen) atoms. The molecule has 0 unspecified atom stereocenters. The predicted molar refractivity (Wildman–Crippen MR) is 94.5 cm³/mol. The van der Waals surface area contributed by atoms with Crippen LogP contribution in [0.5, 0.6) is 0 Å². The van der Waals surface area contributed by atoms with Crippen LogP contribution in [-0.4, -0.2) is 40.5 Å². The van der Waals surface area contributed by atoms with Crippen molar-refractivity contribution in [2.45, 2.75) is 32.4 Å². The summed E-state index contributed by atoms with van der Waals surface area (Å²) in [5.41, 5.74) is 1.78. The Kier molecular flexibility index (Phi) is 5.39. The third-order valence-corrected chi connectivity index (χ3v) is 4.63. The molecular weight excluding hydrogens is 298 g/mol. The summed E-state index contributed by atoms with van der Waals surface area (Å²) >= 11 is 0. The molecule has 124 valence electrons. The van der Waals surface area contributed by atoms with Gasteiger partial charge in [-0.1, -0.05) is 13.0 Å². The highest BCUT2D eigenvalue weighted by Gasteiger charge is 2.25. The van der Waals surface area contributed by atoms with E-state index in [0.29, 0.717) is 11.7 Å². The second kappa shape index (κ2) is 7.89. The van der Waals surface area contributed by atoms with Crippen molar-refractivity contribution < 1.29 is 0 Å². The molecule has 5 nitrogen and oxygen atoms in total. The zero-order valence-corrected chi connectivity index (χ0v) is 14.1. The molecule has 5 heteroatoms. The quantitative estimate of drug-likeness (QED) is 0.847. The van der Waals surface area contributed by atoms with Gasteiger partial charge in [0.05, 0.1) is 0 Å². The lowest BCUT2D eigenvalue weighted by molar-refractivity contribution is 0.176. The molecule has 1 aliphatic rings. The maximum atomic E-state index is 9.06. The first kappa shape index (κ1) is 16.4. The lowest BCUT2D eigenvalue weighted by atomic mass is 10.0. The van der Waals surface area contributed by atoms with Gasteiger partial charge in [0, 0.05) is 38.1 Å². The summed E-state index contributed by atoms with van der Waals surface area (Å²) in [6.07, 6.45) is 6.06. The molecule has 0 bridgehead atoms. The van der Waals surface area contributed by atoms with E-state index in [1.165, 1.54) is 12.0 Å². The van der Waals surface area contributed by atoms with Gasteiger partial charge in [0.2, 0.25) is 0 Å². The average Bonchev–Trinajstić information content (AvgIpc) is 2.67. The van der Waals surface area contributed by atoms with E-state index in [-0.39, 0.29) is 0 Å². The molecule has 0 spiro atoms. The lowest BCUT2D eigenvalue weighted by Crippen LogP contribution is -2.48. The molecule has 1 atom stereocenters. The Morgan fingerprint density at radius 2 is 2.12 bits per heavy atom. The molecule has 3 heterocycles. The van der Waals surface area contributed by atoms with Crippen LogP contribution in [-0.2, 0) is 6.54 Å². The molecule has 0 amide bonds. The summed E-state index contributed by atoms with van der Waals surface area (Å²) in [4.78, 5) is 13.4. The summed E-state index contributed by atoms with van der Waals surface area (Å²) in [6, 6.07) is 12.5. The monoisotopic (exact) mass is 321 g/mol. The minimum atomic E-state index is 0.485. The topological polar surface area (TPSA) is 56.1 Å². The van der Waals surface area contributed by atoms with E-state index in [2.05, 4.69) is 44.9 Å². The van der Waals surface area contributed by atoms with E-state index < -0.39 is 0 Å². The third kappa shape index (κ3) is 3.90. The van der Waals surface area contributed by atoms with Crippen LogP contribution in [0.15, 0.2) is 42.7 Å². The highest BCUT2D eigenvalue weighted by Crippen LogP contribution is 2.22. The zero-order valence-electron chi connectivity index (χ0n) is 14.1. The number of rotatable bonds is 5. The maximum Gasteiger partial charge on any atom is 0.142 e. The summed E-state index contributed by atoms with van der Waals surface area (Å²) in [5.74, 6) is 0.915. The van der Waals surface area contributed by atoms with Crippen molar-refractivity contribution >= 4 is 5.82 Å². The van der Waals surface area contributed by atoms with E-state index in [1.54, 1.807) is 6.07 Å². The number of nitrogens with zero attached hydrogens (tertiary/aromatic N) is 5. The lowest BCUT2D eigenvalue weighted by Gasteiger charge is -2.39. The Bertz CT molecular complexity index is 694. The summed E-state index contributed by atoms with van der Waals surface area (Å²) in [7, 11) is 0. The van der Waals surface area contributed by atoms with E-state index in [0.717, 1.165) is 38.4 Å². The largest absolute Gasteiger partial charge is 0.355 e. The van der Waals surface area contributed by atoms with Crippen molar-refractivity contribution in [3.05, 3.63) is 54.0 Å². The number of aromatic nitrogens is 2. The number of nitriles is 1. The number of likely N-dealkylation sites (N-methyl/N-ethyl adjacent to an activating group) is 1. The fraction of sp³-hybridized carbons (Fsp3) is 0.421. The van der Waals surface area contributed by atoms with Crippen LogP contribution in [0, 0.1) is 11.3 Å². The number of hydrogen-bond acceptors (Lipinski definition) is 5. The summed E-state index contributed by atoms with van der Waals surface area (Å²) in [6.45, 7) is 6.15. The van der Waals surface area contributed by atoms with Gasteiger partial charge in [-0.2, -0.15) is 5.26 Å². The van der Waals surface area contributed by atoms with Gasteiger partial charge in [0.15, 0.2) is 0 Å². The van der Waals surface area contributed by atoms with Gasteiger partial charge in [-0.05, 0) is 49.2 Å². The van der Waals surface area contributed by atoms with Gasteiger partial charge < -0.3 is 4.90 Å². The van der Waals surface area contributed by atoms with Gasteiger partial charge >= 0.3 is 0 Å². The van der Waals surface area contributed by atoms with Crippen LogP contribution in [0.1, 0.15) is 31.0 Å². The minimum absolute atomic E-state index is 0.485. The van der Waals surface area contributed by atoms with Gasteiger partial charge in [-0.15, -0.1) is 0 Å². The molecule has 0 saturated carbocycles. The van der Waals surface area contributed by atoms with Gasteiger partial charge in [-0.3, -0.25) is 9.88 Å². The van der Waals surface area contributed by atoms with E-state index in [4.69, 9.17) is 5.26 Å². The van der Waals surface area contributed by atoms with Crippen molar-refractivity contribution in [3.8, 4) is 6.07 Å². The Morgan fingerprint density at radius 1 is 1.29 bits per heavy atom. The maximum absolute atomic E-state index is 9.06. The van der Waals surface area contributed by atoms with Crippen molar-refractivity contribution in [2.24, 2.45) is 0 Å². The molecule has 1 saturated heterocycles. The fourth-order valence-corrected chi connectivity index (χ4v) is 3.34. The number of pyridine rings is 2. The molecule has 1 aliphatic heterocycles. The van der Waals surface area contributed by atoms with Crippen LogP contribution < -0.4 is 4.90 Å². The molecule has 2 aromatic rings. The second-order valence-corrected chi connectivity index (χ2v) is 6.15. The minimum Gasteiger partial charge on any atom is -0.355 e. The van der Waals surface area contributed by atoms with E-state index in [9.17, 15) is 0 Å². The van der Waals surface area contributed by atoms with Crippen LogP contribution in [0.4, 0.5) is 5.82 Å². The van der Waals surface area contributed by atoms with E-state index >= 15 is 0 Å². The summed E-state index contributed by atoms with van der Waals surface area (Å²) < 4.78 is 0. The molecule has 0 radical (unpaired) electrons. The third-order valence-electron chi connectivity index (χ3n) is 4.63. The van der Waals surface area contributed by atoms with Gasteiger partial charge in [0.1, 0.15) is 17.6 Å². The van der Waals surface area contributed by atoms with E-state index in [1.807, 2.05) is 24.5 Å². The van der Waals surface area contributed by atoms with Crippen molar-refractivity contribution in [2.75, 3.05) is 24.5 Å². The Hall–Kier alpha value is -2.45. The van der Waals surface area contributed by atoms with Crippen molar-refractivity contribution in [1.29, 1.82) is 5.26 Å². The smallest absolute Gasteiger partial charge is 0.142 e. The molecule has 0 aliphatic carbocycles. The van der Waals surface area contributed by atoms with Gasteiger partial charge in [-0.25, -0.2) is 4.98 Å². The first-order valence-corrected chi connectivity index (χ1v) is 8.55. The fourth-order valence-electron chi connectivity index (χ4n) is 3.34.